The molecule has 4 aromatic rings. The van der Waals surface area contributed by atoms with Gasteiger partial charge in [0, 0.05) is 19.0 Å². The number of halogens is 5. The molecule has 12 heteroatoms. The zero-order chi connectivity index (χ0) is 25.5. The number of hydrogen-bond acceptors (Lipinski definition) is 5. The number of nitrogens with zero attached hydrogens (tertiary/aromatic N) is 4. The highest BCUT2D eigenvalue weighted by Crippen LogP contribution is 2.44. The Labute approximate surface area is 210 Å². The zero-order valence-corrected chi connectivity index (χ0v) is 20.3. The predicted molar refractivity (Wildman–Crippen MR) is 126 cm³/mol. The van der Waals surface area contributed by atoms with Crippen LogP contribution in [-0.4, -0.2) is 43.9 Å². The molecule has 0 radical (unpaired) electrons. The highest BCUT2D eigenvalue weighted by atomic mass is 79.9. The normalized spacial score (nSPS) is 21.7. The van der Waals surface area contributed by atoms with E-state index in [1.807, 2.05) is 0 Å². The van der Waals surface area contributed by atoms with Crippen LogP contribution in [0.1, 0.15) is 40.0 Å². The topological polar surface area (TPSA) is 85.8 Å². The Morgan fingerprint density at radius 3 is 2.75 bits per heavy atom. The molecule has 2 N–H and O–H groups in total. The second kappa shape index (κ2) is 7.87. The quantitative estimate of drug-likeness (QED) is 0.332. The first kappa shape index (κ1) is 23.2. The maximum atomic E-state index is 15.3. The monoisotopic (exact) mass is 563 g/mol. The van der Waals surface area contributed by atoms with Gasteiger partial charge in [-0.25, -0.2) is 14.4 Å². The van der Waals surface area contributed by atoms with Gasteiger partial charge in [-0.1, -0.05) is 6.07 Å². The van der Waals surface area contributed by atoms with Crippen LogP contribution in [0.3, 0.4) is 0 Å². The van der Waals surface area contributed by atoms with Crippen molar-refractivity contribution in [3.05, 3.63) is 69.3 Å². The minimum Gasteiger partial charge on any atom is -0.382 e. The number of alkyl halides is 3. The molecule has 1 amide bonds. The zero-order valence-electron chi connectivity index (χ0n) is 18.7. The van der Waals surface area contributed by atoms with E-state index in [9.17, 15) is 18.0 Å². The summed E-state index contributed by atoms with van der Waals surface area (Å²) in [4.78, 5) is 23.7. The van der Waals surface area contributed by atoms with Crippen molar-refractivity contribution in [1.29, 1.82) is 0 Å². The van der Waals surface area contributed by atoms with Gasteiger partial charge >= 0.3 is 6.18 Å². The number of nitrogens with two attached hydrogens (primary N) is 1. The molecule has 2 aromatic heterocycles. The maximum Gasteiger partial charge on any atom is 0.416 e. The highest BCUT2D eigenvalue weighted by molar-refractivity contribution is 9.10. The fraction of sp³-hybridized carbons (Fsp3) is 0.292. The number of anilines is 1. The fourth-order valence-corrected chi connectivity index (χ4v) is 5.76. The average Bonchev–Trinajstić information content (AvgIpc) is 3.37. The van der Waals surface area contributed by atoms with Crippen molar-refractivity contribution < 1.29 is 27.1 Å². The number of imidazole rings is 1. The van der Waals surface area contributed by atoms with Gasteiger partial charge < -0.3 is 15.4 Å². The summed E-state index contributed by atoms with van der Waals surface area (Å²) in [6.07, 6.45) is -3.66. The molecule has 1 aliphatic carbocycles. The second-order valence-corrected chi connectivity index (χ2v) is 9.78. The molecular formula is C24H18BrF4N5O2. The Morgan fingerprint density at radius 1 is 1.22 bits per heavy atom. The van der Waals surface area contributed by atoms with Crippen LogP contribution < -0.4 is 5.73 Å². The molecule has 3 atom stereocenters. The van der Waals surface area contributed by atoms with Crippen molar-refractivity contribution in [3.63, 3.8) is 0 Å². The van der Waals surface area contributed by atoms with Crippen LogP contribution in [-0.2, 0) is 17.3 Å². The lowest BCUT2D eigenvalue weighted by Gasteiger charge is -2.41. The summed E-state index contributed by atoms with van der Waals surface area (Å²) in [5.74, 6) is -1.21. The van der Waals surface area contributed by atoms with Crippen molar-refractivity contribution in [1.82, 2.24) is 19.3 Å². The molecular weight excluding hydrogens is 546 g/mol. The van der Waals surface area contributed by atoms with Crippen LogP contribution in [0.25, 0.3) is 16.6 Å². The SMILES string of the molecule is C[C@H]1CN(C(=O)c2cc3c(cc2F)nc(N)c2cnc(Br)n23)[C@H]2c3ccc(C(F)(F)F)cc3C[C@H]2O1. The third-order valence-electron chi connectivity index (χ3n) is 6.78. The van der Waals surface area contributed by atoms with E-state index < -0.39 is 35.6 Å². The number of amides is 1. The van der Waals surface area contributed by atoms with Crippen LogP contribution in [0.15, 0.2) is 41.3 Å². The Balaban J connectivity index is 1.46. The molecule has 0 spiro atoms. The molecule has 1 aliphatic heterocycles. The second-order valence-electron chi connectivity index (χ2n) is 9.07. The number of nitrogen functional groups attached to an aromatic ring is 1. The summed E-state index contributed by atoms with van der Waals surface area (Å²) >= 11 is 3.34. The number of ether oxygens (including phenoxy) is 1. The molecule has 0 bridgehead atoms. The third kappa shape index (κ3) is 3.46. The van der Waals surface area contributed by atoms with Crippen LogP contribution in [0, 0.1) is 5.82 Å². The lowest BCUT2D eigenvalue weighted by molar-refractivity contribution is -0.137. The number of fused-ring (bicyclic) bond motifs is 6. The van der Waals surface area contributed by atoms with E-state index in [0.717, 1.165) is 18.2 Å². The molecule has 1 saturated heterocycles. The molecule has 36 heavy (non-hydrogen) atoms. The van der Waals surface area contributed by atoms with Gasteiger partial charge in [-0.3, -0.25) is 9.20 Å². The number of benzene rings is 2. The van der Waals surface area contributed by atoms with Gasteiger partial charge in [-0.15, -0.1) is 0 Å². The first-order valence-electron chi connectivity index (χ1n) is 11.1. The van der Waals surface area contributed by atoms with E-state index in [1.54, 1.807) is 11.3 Å². The van der Waals surface area contributed by atoms with Gasteiger partial charge in [0.05, 0.1) is 46.6 Å². The number of rotatable bonds is 1. The highest BCUT2D eigenvalue weighted by Gasteiger charge is 2.45. The molecule has 2 aliphatic rings. The van der Waals surface area contributed by atoms with E-state index in [2.05, 4.69) is 25.9 Å². The molecule has 7 nitrogen and oxygen atoms in total. The molecule has 2 aromatic carbocycles. The summed E-state index contributed by atoms with van der Waals surface area (Å²) in [5.41, 5.74) is 7.23. The number of morpholine rings is 1. The van der Waals surface area contributed by atoms with Gasteiger partial charge in [0.25, 0.3) is 5.91 Å². The van der Waals surface area contributed by atoms with E-state index >= 15 is 4.39 Å². The van der Waals surface area contributed by atoms with Gasteiger partial charge in [-0.2, -0.15) is 13.2 Å². The van der Waals surface area contributed by atoms with Crippen molar-refractivity contribution >= 4 is 44.2 Å². The van der Waals surface area contributed by atoms with Crippen LogP contribution in [0.2, 0.25) is 0 Å². The van der Waals surface area contributed by atoms with Gasteiger partial charge in [0.15, 0.2) is 4.73 Å². The fourth-order valence-electron chi connectivity index (χ4n) is 5.27. The molecule has 1 fully saturated rings. The molecule has 186 valence electrons. The smallest absolute Gasteiger partial charge is 0.382 e. The van der Waals surface area contributed by atoms with E-state index in [1.165, 1.54) is 23.2 Å². The summed E-state index contributed by atoms with van der Waals surface area (Å²) in [6, 6.07) is 5.40. The molecule has 6 rings (SSSR count). The number of aromatic nitrogens is 3. The first-order valence-corrected chi connectivity index (χ1v) is 11.9. The molecule has 0 saturated carbocycles. The van der Waals surface area contributed by atoms with Crippen LogP contribution in [0.5, 0.6) is 0 Å². The van der Waals surface area contributed by atoms with E-state index in [4.69, 9.17) is 10.5 Å². The summed E-state index contributed by atoms with van der Waals surface area (Å²) in [7, 11) is 0. The van der Waals surface area contributed by atoms with E-state index in [-0.39, 0.29) is 36.0 Å². The van der Waals surface area contributed by atoms with Crippen molar-refractivity contribution in [3.8, 4) is 0 Å². The van der Waals surface area contributed by atoms with Crippen LogP contribution >= 0.6 is 15.9 Å². The lowest BCUT2D eigenvalue weighted by Crippen LogP contribution is -2.50. The maximum absolute atomic E-state index is 15.3. The Kier molecular flexibility index (Phi) is 5.07. The number of carbonyl (C=O) groups excluding carboxylic acids is 1. The lowest BCUT2D eigenvalue weighted by atomic mass is 10.0. The number of carbonyl (C=O) groups is 1. The van der Waals surface area contributed by atoms with Crippen molar-refractivity contribution in [2.75, 3.05) is 12.3 Å². The third-order valence-corrected chi connectivity index (χ3v) is 7.34. The largest absolute Gasteiger partial charge is 0.416 e. The number of hydrogen-bond donors (Lipinski definition) is 1. The summed E-state index contributed by atoms with van der Waals surface area (Å²) in [6.45, 7) is 1.93. The minimum absolute atomic E-state index is 0.155. The van der Waals surface area contributed by atoms with Gasteiger partial charge in [0.1, 0.15) is 17.2 Å². The van der Waals surface area contributed by atoms with Gasteiger partial charge in [0.2, 0.25) is 0 Å². The first-order chi connectivity index (χ1) is 17.0. The van der Waals surface area contributed by atoms with Crippen LogP contribution in [0.4, 0.5) is 23.4 Å². The predicted octanol–water partition coefficient (Wildman–Crippen LogP) is 4.91. The summed E-state index contributed by atoms with van der Waals surface area (Å²) < 4.78 is 63.1. The Bertz CT molecular complexity index is 1570. The summed E-state index contributed by atoms with van der Waals surface area (Å²) in [5, 5.41) is 0. The average molecular weight is 564 g/mol. The molecule has 3 heterocycles. The Morgan fingerprint density at radius 2 is 2.00 bits per heavy atom. The van der Waals surface area contributed by atoms with Crippen molar-refractivity contribution in [2.45, 2.75) is 37.8 Å². The van der Waals surface area contributed by atoms with Gasteiger partial charge in [-0.05, 0) is 52.2 Å². The minimum atomic E-state index is -4.48. The Hall–Kier alpha value is -3.25. The van der Waals surface area contributed by atoms with E-state index in [0.29, 0.717) is 26.9 Å². The van der Waals surface area contributed by atoms with Crippen molar-refractivity contribution in [2.24, 2.45) is 0 Å². The standard InChI is InChI=1S/C24H18BrF4N5O2/c1-10-9-33(20-13-3-2-12(24(27,28)29)4-11(13)5-19(20)36-10)22(35)14-6-17-16(7-15(14)26)32-21(30)18-8-31-23(25)34(17)18/h2-4,6-8,10,19-20H,5,9H2,1H3,(H2,30,32)/t10-,19+,20-/m0/s1. The molecule has 0 unspecified atom stereocenters.